The van der Waals surface area contributed by atoms with E-state index in [0.717, 1.165) is 35.8 Å². The first-order chi connectivity index (χ1) is 13.0. The third-order valence-electron chi connectivity index (χ3n) is 4.42. The fourth-order valence-electron chi connectivity index (χ4n) is 2.95. The molecular weight excluding hydrogens is 364 g/mol. The molecule has 2 aromatic rings. The van der Waals surface area contributed by atoms with E-state index >= 15 is 0 Å². The molecular formula is C20H25ClN4O2. The normalized spacial score (nSPS) is 14.0. The average molecular weight is 389 g/mol. The van der Waals surface area contributed by atoms with E-state index in [1.54, 1.807) is 0 Å². The van der Waals surface area contributed by atoms with Crippen LogP contribution in [0.5, 0.6) is 0 Å². The van der Waals surface area contributed by atoms with Crippen LogP contribution < -0.4 is 20.4 Å². The van der Waals surface area contributed by atoms with Crippen molar-refractivity contribution in [2.75, 3.05) is 67.4 Å². The molecule has 6 nitrogen and oxygen atoms in total. The topological polar surface area (TPSA) is 56.8 Å². The van der Waals surface area contributed by atoms with E-state index in [1.165, 1.54) is 0 Å². The molecule has 1 aliphatic rings. The van der Waals surface area contributed by atoms with Crippen molar-refractivity contribution in [3.63, 3.8) is 0 Å². The number of benzene rings is 2. The summed E-state index contributed by atoms with van der Waals surface area (Å²) in [6.07, 6.45) is 0. The molecule has 1 heterocycles. The lowest BCUT2D eigenvalue weighted by atomic mass is 10.2. The predicted molar refractivity (Wildman–Crippen MR) is 112 cm³/mol. The molecule has 0 unspecified atom stereocenters. The number of halogens is 1. The van der Waals surface area contributed by atoms with Crippen LogP contribution >= 0.6 is 11.6 Å². The second-order valence-corrected chi connectivity index (χ2v) is 7.04. The van der Waals surface area contributed by atoms with Gasteiger partial charge >= 0.3 is 0 Å². The van der Waals surface area contributed by atoms with Gasteiger partial charge in [0.25, 0.3) is 0 Å². The molecule has 1 saturated heterocycles. The van der Waals surface area contributed by atoms with Crippen LogP contribution in [-0.4, -0.2) is 52.9 Å². The van der Waals surface area contributed by atoms with Gasteiger partial charge in [-0.1, -0.05) is 11.6 Å². The molecule has 7 heteroatoms. The van der Waals surface area contributed by atoms with Gasteiger partial charge in [-0.05, 0) is 42.5 Å². The second-order valence-electron chi connectivity index (χ2n) is 6.60. The van der Waals surface area contributed by atoms with Gasteiger partial charge in [0.1, 0.15) is 0 Å². The van der Waals surface area contributed by atoms with Crippen molar-refractivity contribution in [1.82, 2.24) is 0 Å². The van der Waals surface area contributed by atoms with E-state index < -0.39 is 0 Å². The maximum absolute atomic E-state index is 12.3. The third kappa shape index (κ3) is 5.28. The number of anilines is 4. The van der Waals surface area contributed by atoms with Gasteiger partial charge in [-0.2, -0.15) is 0 Å². The lowest BCUT2D eigenvalue weighted by Crippen LogP contribution is -2.36. The molecule has 1 amide bonds. The molecule has 144 valence electrons. The molecule has 0 bridgehead atoms. The van der Waals surface area contributed by atoms with Crippen molar-refractivity contribution in [2.24, 2.45) is 0 Å². The molecule has 0 atom stereocenters. The summed E-state index contributed by atoms with van der Waals surface area (Å²) >= 11 is 6.15. The molecule has 0 aliphatic carbocycles. The fraction of sp³-hybridized carbons (Fsp3) is 0.350. The van der Waals surface area contributed by atoms with E-state index in [-0.39, 0.29) is 12.5 Å². The van der Waals surface area contributed by atoms with E-state index in [1.807, 2.05) is 61.5 Å². The van der Waals surface area contributed by atoms with E-state index in [0.29, 0.717) is 18.2 Å². The van der Waals surface area contributed by atoms with Crippen molar-refractivity contribution in [3.05, 3.63) is 47.5 Å². The summed E-state index contributed by atoms with van der Waals surface area (Å²) in [6.45, 7) is 3.20. The summed E-state index contributed by atoms with van der Waals surface area (Å²) in [6, 6.07) is 13.4. The first-order valence-corrected chi connectivity index (χ1v) is 9.34. The van der Waals surface area contributed by atoms with Crippen molar-refractivity contribution >= 4 is 40.3 Å². The zero-order chi connectivity index (χ0) is 19.2. The monoisotopic (exact) mass is 388 g/mol. The van der Waals surface area contributed by atoms with Gasteiger partial charge in [-0.15, -0.1) is 0 Å². The minimum Gasteiger partial charge on any atom is -0.378 e. The van der Waals surface area contributed by atoms with Gasteiger partial charge in [0, 0.05) is 43.6 Å². The summed E-state index contributed by atoms with van der Waals surface area (Å²) < 4.78 is 5.42. The van der Waals surface area contributed by atoms with Crippen molar-refractivity contribution < 1.29 is 9.53 Å². The van der Waals surface area contributed by atoms with Crippen molar-refractivity contribution in [1.29, 1.82) is 0 Å². The number of hydrogen-bond acceptors (Lipinski definition) is 5. The predicted octanol–water partition coefficient (Wildman–Crippen LogP) is 3.29. The van der Waals surface area contributed by atoms with Gasteiger partial charge in [0.2, 0.25) is 5.91 Å². The second kappa shape index (κ2) is 8.97. The molecule has 27 heavy (non-hydrogen) atoms. The smallest absolute Gasteiger partial charge is 0.243 e. The average Bonchev–Trinajstić information content (AvgIpc) is 2.67. The highest BCUT2D eigenvalue weighted by Gasteiger charge is 2.15. The van der Waals surface area contributed by atoms with Gasteiger partial charge in [-0.25, -0.2) is 0 Å². The number of hydrogen-bond donors (Lipinski definition) is 2. The van der Waals surface area contributed by atoms with Crippen LogP contribution in [0.15, 0.2) is 42.5 Å². The maximum atomic E-state index is 12.3. The summed E-state index contributed by atoms with van der Waals surface area (Å²) in [5, 5.41) is 6.75. The number of rotatable bonds is 6. The number of amides is 1. The van der Waals surface area contributed by atoms with Crippen LogP contribution in [0.4, 0.5) is 22.7 Å². The third-order valence-corrected chi connectivity index (χ3v) is 4.65. The molecule has 0 radical (unpaired) electrons. The first kappa shape index (κ1) is 19.3. The summed E-state index contributed by atoms with van der Waals surface area (Å²) in [7, 11) is 3.96. The molecule has 2 N–H and O–H groups in total. The number of morpholine rings is 1. The SMILES string of the molecule is CN(C)c1ccc(NC(=O)CNc2cc(Cl)ccc2N2CCOCC2)cc1. The minimum atomic E-state index is -0.111. The van der Waals surface area contributed by atoms with Crippen LogP contribution in [0.25, 0.3) is 0 Å². The fourth-order valence-corrected chi connectivity index (χ4v) is 3.13. The standard InChI is InChI=1S/C20H25ClN4O2/c1-24(2)17-6-4-16(5-7-17)23-20(26)14-22-18-13-15(21)3-8-19(18)25-9-11-27-12-10-25/h3-8,13,22H,9-12,14H2,1-2H3,(H,23,26). The minimum absolute atomic E-state index is 0.111. The molecule has 0 aromatic heterocycles. The molecule has 0 saturated carbocycles. The summed E-state index contributed by atoms with van der Waals surface area (Å²) in [5.41, 5.74) is 3.74. The van der Waals surface area contributed by atoms with Gasteiger partial charge in [-0.3, -0.25) is 4.79 Å². The van der Waals surface area contributed by atoms with Crippen LogP contribution in [0.1, 0.15) is 0 Å². The Hall–Kier alpha value is -2.44. The number of carbonyl (C=O) groups is 1. The highest BCUT2D eigenvalue weighted by molar-refractivity contribution is 6.31. The largest absolute Gasteiger partial charge is 0.378 e. The Morgan fingerprint density at radius 3 is 2.52 bits per heavy atom. The Morgan fingerprint density at radius 2 is 1.85 bits per heavy atom. The number of ether oxygens (including phenoxy) is 1. The van der Waals surface area contributed by atoms with Crippen LogP contribution in [-0.2, 0) is 9.53 Å². The van der Waals surface area contributed by atoms with Gasteiger partial charge in [0.05, 0.1) is 31.1 Å². The van der Waals surface area contributed by atoms with Crippen LogP contribution in [0.3, 0.4) is 0 Å². The number of nitrogens with one attached hydrogen (secondary N) is 2. The quantitative estimate of drug-likeness (QED) is 0.795. The molecule has 1 aliphatic heterocycles. The van der Waals surface area contributed by atoms with Crippen molar-refractivity contribution in [3.8, 4) is 0 Å². The van der Waals surface area contributed by atoms with Crippen molar-refractivity contribution in [2.45, 2.75) is 0 Å². The Kier molecular flexibility index (Phi) is 6.42. The zero-order valence-electron chi connectivity index (χ0n) is 15.7. The summed E-state index contributed by atoms with van der Waals surface area (Å²) in [4.78, 5) is 16.6. The van der Waals surface area contributed by atoms with E-state index in [2.05, 4.69) is 15.5 Å². The molecule has 0 spiro atoms. The zero-order valence-corrected chi connectivity index (χ0v) is 16.4. The summed E-state index contributed by atoms with van der Waals surface area (Å²) in [5.74, 6) is -0.111. The number of carbonyl (C=O) groups excluding carboxylic acids is 1. The first-order valence-electron chi connectivity index (χ1n) is 8.96. The molecule has 2 aromatic carbocycles. The van der Waals surface area contributed by atoms with Crippen LogP contribution in [0, 0.1) is 0 Å². The Labute approximate surface area is 165 Å². The highest BCUT2D eigenvalue weighted by Crippen LogP contribution is 2.29. The lowest BCUT2D eigenvalue weighted by molar-refractivity contribution is -0.114. The molecule has 1 fully saturated rings. The Morgan fingerprint density at radius 1 is 1.15 bits per heavy atom. The Bertz CT molecular complexity index is 774. The number of nitrogens with zero attached hydrogens (tertiary/aromatic N) is 2. The maximum Gasteiger partial charge on any atom is 0.243 e. The highest BCUT2D eigenvalue weighted by atomic mass is 35.5. The van der Waals surface area contributed by atoms with Crippen LogP contribution in [0.2, 0.25) is 5.02 Å². The molecule has 3 rings (SSSR count). The van der Waals surface area contributed by atoms with E-state index in [4.69, 9.17) is 16.3 Å². The van der Waals surface area contributed by atoms with Gasteiger partial charge < -0.3 is 25.2 Å². The van der Waals surface area contributed by atoms with E-state index in [9.17, 15) is 4.79 Å². The van der Waals surface area contributed by atoms with Gasteiger partial charge in [0.15, 0.2) is 0 Å². The lowest BCUT2D eigenvalue weighted by Gasteiger charge is -2.30. The Balaban J connectivity index is 1.61.